The third-order valence-electron chi connectivity index (χ3n) is 8.36. The molecule has 1 aliphatic rings. The van der Waals surface area contributed by atoms with Crippen molar-refractivity contribution in [2.75, 3.05) is 13.2 Å². The molecule has 250 valence electrons. The number of nitrogens with zero attached hydrogens (tertiary/aromatic N) is 1. The number of rotatable bonds is 14. The molecule has 47 heavy (non-hydrogen) atoms. The number of hydrogen-bond donors (Lipinski definition) is 1. The number of nitrogens with one attached hydrogen (secondary N) is 1. The average molecular weight is 643 g/mol. The van der Waals surface area contributed by atoms with Crippen LogP contribution >= 0.6 is 0 Å². The van der Waals surface area contributed by atoms with Crippen molar-refractivity contribution in [3.8, 4) is 0 Å². The van der Waals surface area contributed by atoms with E-state index >= 15 is 0 Å². The van der Waals surface area contributed by atoms with Crippen LogP contribution in [0.15, 0.2) is 109 Å². The maximum atomic E-state index is 14.6. The van der Waals surface area contributed by atoms with Crippen LogP contribution in [0.3, 0.4) is 0 Å². The summed E-state index contributed by atoms with van der Waals surface area (Å²) in [6.45, 7) is 11.0. The molecule has 5 atom stereocenters. The fourth-order valence-electron chi connectivity index (χ4n) is 6.13. The molecule has 1 N–H and O–H groups in total. The predicted molar refractivity (Wildman–Crippen MR) is 183 cm³/mol. The quantitative estimate of drug-likeness (QED) is 0.151. The summed E-state index contributed by atoms with van der Waals surface area (Å²) >= 11 is 0. The minimum Gasteiger partial charge on any atom is -0.370 e. The molecule has 0 spiro atoms. The van der Waals surface area contributed by atoms with Gasteiger partial charge in [-0.25, -0.2) is 8.78 Å². The van der Waals surface area contributed by atoms with Gasteiger partial charge in [0, 0.05) is 25.2 Å². The fourth-order valence-corrected chi connectivity index (χ4v) is 6.13. The van der Waals surface area contributed by atoms with E-state index in [1.165, 1.54) is 12.1 Å². The Balaban J connectivity index is 1.53. The summed E-state index contributed by atoms with van der Waals surface area (Å²) in [4.78, 5) is 2.37. The topological polar surface area (TPSA) is 43.0 Å². The van der Waals surface area contributed by atoms with Crippen LogP contribution < -0.4 is 5.32 Å². The molecule has 5 rings (SSSR count). The van der Waals surface area contributed by atoms with Crippen LogP contribution in [0.2, 0.25) is 0 Å². The third kappa shape index (κ3) is 10.8. The van der Waals surface area contributed by atoms with Gasteiger partial charge in [-0.3, -0.25) is 4.90 Å². The van der Waals surface area contributed by atoms with Crippen molar-refractivity contribution in [2.45, 2.75) is 84.3 Å². The Morgan fingerprint density at radius 1 is 0.787 bits per heavy atom. The zero-order valence-corrected chi connectivity index (χ0v) is 27.9. The second kappa shape index (κ2) is 16.6. The Hall–Kier alpha value is -3.46. The van der Waals surface area contributed by atoms with Gasteiger partial charge in [0.15, 0.2) is 6.29 Å². The molecule has 0 radical (unpaired) electrons. The molecule has 0 aliphatic carbocycles. The van der Waals surface area contributed by atoms with Crippen molar-refractivity contribution < 1.29 is 23.0 Å². The summed E-state index contributed by atoms with van der Waals surface area (Å²) in [5, 5.41) is 3.76. The van der Waals surface area contributed by atoms with Crippen molar-refractivity contribution in [1.82, 2.24) is 10.2 Å². The van der Waals surface area contributed by atoms with Gasteiger partial charge in [0.25, 0.3) is 0 Å². The molecule has 4 aromatic rings. The lowest BCUT2D eigenvalue weighted by Gasteiger charge is -2.45. The Morgan fingerprint density at radius 3 is 1.83 bits per heavy atom. The van der Waals surface area contributed by atoms with Crippen LogP contribution in [-0.2, 0) is 40.3 Å². The summed E-state index contributed by atoms with van der Waals surface area (Å²) in [6, 6.07) is 33.8. The first-order valence-corrected chi connectivity index (χ1v) is 16.5. The lowest BCUT2D eigenvalue weighted by atomic mass is 9.92. The number of benzene rings is 4. The predicted octanol–water partition coefficient (Wildman–Crippen LogP) is 7.93. The highest BCUT2D eigenvalue weighted by Gasteiger charge is 2.40. The van der Waals surface area contributed by atoms with Crippen LogP contribution in [0.5, 0.6) is 0 Å². The Bertz CT molecular complexity index is 1440. The maximum absolute atomic E-state index is 14.6. The van der Waals surface area contributed by atoms with Gasteiger partial charge < -0.3 is 19.5 Å². The molecule has 1 fully saturated rings. The largest absolute Gasteiger partial charge is 0.370 e. The number of halogens is 2. The van der Waals surface area contributed by atoms with Gasteiger partial charge in [-0.2, -0.15) is 0 Å². The normalized spacial score (nSPS) is 19.9. The van der Waals surface area contributed by atoms with Gasteiger partial charge in [-0.1, -0.05) is 112 Å². The van der Waals surface area contributed by atoms with E-state index in [0.717, 1.165) is 22.8 Å². The Labute approximate surface area is 278 Å². The van der Waals surface area contributed by atoms with Crippen molar-refractivity contribution in [2.24, 2.45) is 5.41 Å². The van der Waals surface area contributed by atoms with E-state index in [1.807, 2.05) is 66.7 Å². The summed E-state index contributed by atoms with van der Waals surface area (Å²) in [6.07, 6.45) is -0.453. The van der Waals surface area contributed by atoms with Crippen LogP contribution in [0.1, 0.15) is 49.9 Å². The van der Waals surface area contributed by atoms with Gasteiger partial charge in [-0.05, 0) is 53.1 Å². The Kier molecular flexibility index (Phi) is 12.3. The summed E-state index contributed by atoms with van der Waals surface area (Å²) in [5.41, 5.74) is 3.89. The number of ether oxygens (including phenoxy) is 3. The molecule has 7 heteroatoms. The molecule has 1 heterocycles. The first-order chi connectivity index (χ1) is 22.6. The highest BCUT2D eigenvalue weighted by atomic mass is 19.1. The van der Waals surface area contributed by atoms with Crippen molar-refractivity contribution in [3.63, 3.8) is 0 Å². The average Bonchev–Trinajstić information content (AvgIpc) is 3.04. The first-order valence-electron chi connectivity index (χ1n) is 16.5. The number of hydrogen-bond acceptors (Lipinski definition) is 5. The molecule has 0 saturated carbocycles. The van der Waals surface area contributed by atoms with Crippen molar-refractivity contribution in [1.29, 1.82) is 0 Å². The van der Waals surface area contributed by atoms with Gasteiger partial charge in [0.2, 0.25) is 0 Å². The summed E-state index contributed by atoms with van der Waals surface area (Å²) in [7, 11) is 0. The Morgan fingerprint density at radius 2 is 1.32 bits per heavy atom. The lowest BCUT2D eigenvalue weighted by Crippen LogP contribution is -2.63. The molecule has 0 unspecified atom stereocenters. The lowest BCUT2D eigenvalue weighted by molar-refractivity contribution is -0.206. The van der Waals surface area contributed by atoms with Crippen LogP contribution in [0.4, 0.5) is 8.78 Å². The zero-order valence-electron chi connectivity index (χ0n) is 27.9. The molecule has 0 amide bonds. The minimum atomic E-state index is -0.593. The van der Waals surface area contributed by atoms with Crippen molar-refractivity contribution in [3.05, 3.63) is 143 Å². The third-order valence-corrected chi connectivity index (χ3v) is 8.36. The molecule has 1 aliphatic heterocycles. The van der Waals surface area contributed by atoms with Gasteiger partial charge in [0.1, 0.15) is 11.6 Å². The van der Waals surface area contributed by atoms with E-state index in [-0.39, 0.29) is 23.5 Å². The smallest absolute Gasteiger partial charge is 0.172 e. The monoisotopic (exact) mass is 642 g/mol. The summed E-state index contributed by atoms with van der Waals surface area (Å²) in [5.74, 6) is -1.19. The van der Waals surface area contributed by atoms with Crippen LogP contribution in [0.25, 0.3) is 0 Å². The molecule has 4 aromatic carbocycles. The van der Waals surface area contributed by atoms with Gasteiger partial charge >= 0.3 is 0 Å². The molecule has 5 nitrogen and oxygen atoms in total. The van der Waals surface area contributed by atoms with E-state index in [9.17, 15) is 8.78 Å². The van der Waals surface area contributed by atoms with E-state index in [4.69, 9.17) is 14.2 Å². The van der Waals surface area contributed by atoms with Crippen LogP contribution in [0, 0.1) is 17.0 Å². The van der Waals surface area contributed by atoms with Crippen molar-refractivity contribution >= 4 is 0 Å². The maximum Gasteiger partial charge on any atom is 0.172 e. The standard InChI is InChI=1S/C40H48F2N2O3/c1-29-39(47-28-40(2,3)4)46-27-36(43-29)38(45-26-32-18-12-7-13-19-32)37(22-33-20-34(41)23-35(42)21-33)44(24-30-14-8-5-9-15-30)25-31-16-10-6-11-17-31/h5-21,23,29,36-39,43H,22,24-28H2,1-4H3/t29-,36+,37-,38-,39-/m0/s1. The molecule has 0 bridgehead atoms. The zero-order chi connectivity index (χ0) is 33.2. The highest BCUT2D eigenvalue weighted by molar-refractivity contribution is 5.22. The molecule has 0 aromatic heterocycles. The summed E-state index contributed by atoms with van der Waals surface area (Å²) < 4.78 is 48.7. The minimum absolute atomic E-state index is 0.00195. The molecule has 1 saturated heterocycles. The van der Waals surface area contributed by atoms with Gasteiger partial charge in [-0.15, -0.1) is 0 Å². The second-order valence-electron chi connectivity index (χ2n) is 13.8. The second-order valence-corrected chi connectivity index (χ2v) is 13.8. The number of morpholine rings is 1. The SMILES string of the molecule is C[C@@H]1N[C@@H]([C@H](OCc2ccccc2)[C@H](Cc2cc(F)cc(F)c2)N(Cc2ccccc2)Cc2ccccc2)CO[C@H]1OCC(C)(C)C. The van der Waals surface area contributed by atoms with Gasteiger partial charge in [0.05, 0.1) is 38.0 Å². The van der Waals surface area contributed by atoms with E-state index in [1.54, 1.807) is 0 Å². The van der Waals surface area contributed by atoms with Crippen LogP contribution in [-0.4, -0.2) is 48.6 Å². The first kappa shape index (κ1) is 34.9. The molecular weight excluding hydrogens is 594 g/mol. The van der Waals surface area contributed by atoms with E-state index in [0.29, 0.717) is 44.9 Å². The highest BCUT2D eigenvalue weighted by Crippen LogP contribution is 2.27. The molecular formula is C40H48F2N2O3. The fraction of sp³-hybridized carbons (Fsp3) is 0.400. The van der Waals surface area contributed by atoms with E-state index in [2.05, 4.69) is 62.2 Å². The van der Waals surface area contributed by atoms with E-state index < -0.39 is 24.0 Å².